The Balaban J connectivity index is 1.99. The summed E-state index contributed by atoms with van der Waals surface area (Å²) in [6.07, 6.45) is 2.38. The molecule has 3 aromatic carbocycles. The molecule has 0 aliphatic heterocycles. The zero-order valence-electron chi connectivity index (χ0n) is 14.8. The normalized spacial score (nSPS) is 11.1. The van der Waals surface area contributed by atoms with Gasteiger partial charge in [0, 0.05) is 11.1 Å². The molecule has 0 unspecified atom stereocenters. The second-order valence-corrected chi connectivity index (χ2v) is 6.06. The average molecular weight is 358 g/mol. The predicted molar refractivity (Wildman–Crippen MR) is 105 cm³/mol. The van der Waals surface area contributed by atoms with Crippen LogP contribution in [-0.4, -0.2) is 17.4 Å². The van der Waals surface area contributed by atoms with Gasteiger partial charge in [-0.2, -0.15) is 0 Å². The van der Waals surface area contributed by atoms with Crippen molar-refractivity contribution in [1.29, 1.82) is 0 Å². The van der Waals surface area contributed by atoms with Gasteiger partial charge >= 0.3 is 5.97 Å². The number of hydrogen-bond donors (Lipinski definition) is 1. The Hall–Kier alpha value is -3.66. The molecule has 0 aliphatic rings. The number of carbonyl (C=O) groups is 2. The number of aldehydes is 1. The molecular formula is C23H18O4. The van der Waals surface area contributed by atoms with Crippen LogP contribution < -0.4 is 4.74 Å². The monoisotopic (exact) mass is 358 g/mol. The quantitative estimate of drug-likeness (QED) is 0.372. The van der Waals surface area contributed by atoms with Crippen molar-refractivity contribution in [1.82, 2.24) is 0 Å². The summed E-state index contributed by atoms with van der Waals surface area (Å²) in [5.74, 6) is -0.0897. The lowest BCUT2D eigenvalue weighted by molar-refractivity contribution is -0.130. The third-order valence-electron chi connectivity index (χ3n) is 4.04. The van der Waals surface area contributed by atoms with E-state index in [2.05, 4.69) is 0 Å². The summed E-state index contributed by atoms with van der Waals surface area (Å²) in [7, 11) is 0. The lowest BCUT2D eigenvalue weighted by Crippen LogP contribution is -2.02. The third-order valence-corrected chi connectivity index (χ3v) is 4.04. The Morgan fingerprint density at radius 2 is 1.52 bits per heavy atom. The predicted octanol–water partition coefficient (Wildman–Crippen LogP) is 5.23. The summed E-state index contributed by atoms with van der Waals surface area (Å²) in [5.41, 5.74) is 3.06. The van der Waals surface area contributed by atoms with Crippen LogP contribution in [0.4, 0.5) is 0 Å². The van der Waals surface area contributed by atoms with Crippen LogP contribution >= 0.6 is 0 Å². The first-order valence-corrected chi connectivity index (χ1v) is 8.41. The number of ether oxygens (including phenoxy) is 1. The van der Waals surface area contributed by atoms with E-state index in [4.69, 9.17) is 4.74 Å². The molecule has 0 radical (unpaired) electrons. The highest BCUT2D eigenvalue weighted by Gasteiger charge is 2.16. The molecule has 0 heterocycles. The highest BCUT2D eigenvalue weighted by atomic mass is 16.5. The van der Waals surface area contributed by atoms with Crippen molar-refractivity contribution in [3.8, 4) is 11.5 Å². The number of carboxylic acids is 1. The van der Waals surface area contributed by atoms with Crippen molar-refractivity contribution in [3.63, 3.8) is 0 Å². The number of para-hydroxylation sites is 1. The van der Waals surface area contributed by atoms with E-state index in [1.54, 1.807) is 54.6 Å². The van der Waals surface area contributed by atoms with Gasteiger partial charge in [0.1, 0.15) is 17.8 Å². The van der Waals surface area contributed by atoms with Gasteiger partial charge in [-0.25, -0.2) is 4.79 Å². The topological polar surface area (TPSA) is 63.6 Å². The summed E-state index contributed by atoms with van der Waals surface area (Å²) in [6.45, 7) is 1.98. The highest BCUT2D eigenvalue weighted by molar-refractivity contribution is 6.21. The zero-order valence-corrected chi connectivity index (χ0v) is 14.8. The van der Waals surface area contributed by atoms with Gasteiger partial charge in [0.25, 0.3) is 0 Å². The van der Waals surface area contributed by atoms with Crippen LogP contribution in [0.15, 0.2) is 72.8 Å². The van der Waals surface area contributed by atoms with E-state index in [1.165, 1.54) is 0 Å². The number of rotatable bonds is 6. The van der Waals surface area contributed by atoms with Crippen LogP contribution in [0.25, 0.3) is 11.6 Å². The van der Waals surface area contributed by atoms with Gasteiger partial charge in [-0.3, -0.25) is 4.79 Å². The maximum Gasteiger partial charge on any atom is 0.336 e. The summed E-state index contributed by atoms with van der Waals surface area (Å²) in [4.78, 5) is 22.7. The van der Waals surface area contributed by atoms with Crippen molar-refractivity contribution in [3.05, 3.63) is 95.1 Å². The smallest absolute Gasteiger partial charge is 0.336 e. The van der Waals surface area contributed by atoms with E-state index in [-0.39, 0.29) is 5.57 Å². The number of carbonyl (C=O) groups excluding carboxylic acids is 1. The Bertz CT molecular complexity index is 984. The van der Waals surface area contributed by atoms with E-state index in [9.17, 15) is 14.7 Å². The van der Waals surface area contributed by atoms with Crippen LogP contribution in [0.5, 0.6) is 11.5 Å². The lowest BCUT2D eigenvalue weighted by Gasteiger charge is -2.12. The Morgan fingerprint density at radius 1 is 0.889 bits per heavy atom. The summed E-state index contributed by atoms with van der Waals surface area (Å²) in [5, 5.41) is 9.74. The van der Waals surface area contributed by atoms with E-state index >= 15 is 0 Å². The van der Waals surface area contributed by atoms with Crippen molar-refractivity contribution in [2.75, 3.05) is 0 Å². The van der Waals surface area contributed by atoms with Crippen molar-refractivity contribution < 1.29 is 19.4 Å². The first-order valence-electron chi connectivity index (χ1n) is 8.41. The Morgan fingerprint density at radius 3 is 2.15 bits per heavy atom. The van der Waals surface area contributed by atoms with E-state index in [0.29, 0.717) is 22.6 Å². The standard InChI is InChI=1S/C23H18O4/c1-16-6-8-17(9-7-16)14-21(23(25)26)20-4-2-3-5-22(20)27-19-12-10-18(15-24)11-13-19/h2-15H,1H3,(H,25,26). The molecular weight excluding hydrogens is 340 g/mol. The molecule has 0 spiro atoms. The first-order chi connectivity index (χ1) is 13.1. The highest BCUT2D eigenvalue weighted by Crippen LogP contribution is 2.31. The first kappa shape index (κ1) is 18.1. The molecule has 0 saturated carbocycles. The maximum atomic E-state index is 11.9. The number of aryl methyl sites for hydroxylation is 1. The fourth-order valence-electron chi connectivity index (χ4n) is 2.60. The molecule has 4 nitrogen and oxygen atoms in total. The van der Waals surface area contributed by atoms with Gasteiger partial charge in [-0.05, 0) is 48.9 Å². The van der Waals surface area contributed by atoms with E-state index < -0.39 is 5.97 Å². The van der Waals surface area contributed by atoms with Crippen LogP contribution in [0, 0.1) is 6.92 Å². The minimum Gasteiger partial charge on any atom is -0.478 e. The maximum absolute atomic E-state index is 11.9. The van der Waals surface area contributed by atoms with Gasteiger partial charge in [-0.1, -0.05) is 48.0 Å². The van der Waals surface area contributed by atoms with E-state index in [0.717, 1.165) is 17.4 Å². The van der Waals surface area contributed by atoms with Crippen LogP contribution in [0.1, 0.15) is 27.0 Å². The molecule has 0 amide bonds. The number of benzene rings is 3. The number of aliphatic carboxylic acids is 1. The summed E-state index contributed by atoms with van der Waals surface area (Å²) < 4.78 is 5.88. The van der Waals surface area contributed by atoms with Gasteiger partial charge in [-0.15, -0.1) is 0 Å². The molecule has 0 saturated heterocycles. The molecule has 3 rings (SSSR count). The van der Waals surface area contributed by atoms with Crippen molar-refractivity contribution >= 4 is 23.9 Å². The molecule has 0 bridgehead atoms. The third kappa shape index (κ3) is 4.50. The molecule has 0 aromatic heterocycles. The minimum atomic E-state index is -1.04. The molecule has 0 aliphatic carbocycles. The number of carboxylic acid groups (broad SMARTS) is 1. The van der Waals surface area contributed by atoms with Crippen LogP contribution in [0.2, 0.25) is 0 Å². The SMILES string of the molecule is Cc1ccc(C=C(C(=O)O)c2ccccc2Oc2ccc(C=O)cc2)cc1. The largest absolute Gasteiger partial charge is 0.478 e. The van der Waals surface area contributed by atoms with Gasteiger partial charge in [0.2, 0.25) is 0 Å². The lowest BCUT2D eigenvalue weighted by atomic mass is 10.0. The number of hydrogen-bond acceptors (Lipinski definition) is 3. The summed E-state index contributed by atoms with van der Waals surface area (Å²) >= 11 is 0. The van der Waals surface area contributed by atoms with Crippen LogP contribution in [0.3, 0.4) is 0 Å². The molecule has 0 atom stereocenters. The molecule has 27 heavy (non-hydrogen) atoms. The zero-order chi connectivity index (χ0) is 19.2. The van der Waals surface area contributed by atoms with Crippen molar-refractivity contribution in [2.24, 2.45) is 0 Å². The summed E-state index contributed by atoms with van der Waals surface area (Å²) in [6, 6.07) is 21.2. The molecule has 0 fully saturated rings. The second-order valence-electron chi connectivity index (χ2n) is 6.06. The minimum absolute atomic E-state index is 0.138. The fraction of sp³-hybridized carbons (Fsp3) is 0.0435. The Labute approximate surface area is 157 Å². The average Bonchev–Trinajstić information content (AvgIpc) is 2.68. The van der Waals surface area contributed by atoms with Gasteiger partial charge < -0.3 is 9.84 Å². The second kappa shape index (κ2) is 8.15. The van der Waals surface area contributed by atoms with Crippen LogP contribution in [-0.2, 0) is 4.79 Å². The van der Waals surface area contributed by atoms with Gasteiger partial charge in [0.05, 0.1) is 5.57 Å². The van der Waals surface area contributed by atoms with Gasteiger partial charge in [0.15, 0.2) is 0 Å². The molecule has 134 valence electrons. The molecule has 1 N–H and O–H groups in total. The Kier molecular flexibility index (Phi) is 5.47. The molecule has 3 aromatic rings. The fourth-order valence-corrected chi connectivity index (χ4v) is 2.60. The van der Waals surface area contributed by atoms with E-state index in [1.807, 2.05) is 31.2 Å². The van der Waals surface area contributed by atoms with Crippen molar-refractivity contribution in [2.45, 2.75) is 6.92 Å². The molecule has 4 heteroatoms.